The van der Waals surface area contributed by atoms with Gasteiger partial charge < -0.3 is 4.52 Å². The topological polar surface area (TPSA) is 40.1 Å². The number of hydrogen-bond acceptors (Lipinski definition) is 2. The maximum absolute atomic E-state index is 9.82. The van der Waals surface area contributed by atoms with Crippen molar-refractivity contribution in [3.63, 3.8) is 0 Å². The Morgan fingerprint density at radius 3 is 2.67 bits per heavy atom. The first-order valence-corrected chi connectivity index (χ1v) is 1.53. The fourth-order valence-corrected chi connectivity index (χ4v) is 0.236. The summed E-state index contributed by atoms with van der Waals surface area (Å²) in [5.41, 5.74) is 0. The van der Waals surface area contributed by atoms with Gasteiger partial charge in [0.15, 0.2) is 0 Å². The van der Waals surface area contributed by atoms with Gasteiger partial charge in [0.05, 0.1) is 0 Å². The Morgan fingerprint density at radius 2 is 2.50 bits per heavy atom. The smallest absolute Gasteiger partial charge is 0.234 e. The summed E-state index contributed by atoms with van der Waals surface area (Å²) in [6.07, 6.45) is 2.59. The highest BCUT2D eigenvalue weighted by molar-refractivity contribution is 4.63. The van der Waals surface area contributed by atoms with Crippen LogP contribution in [0.5, 0.6) is 0 Å². The van der Waals surface area contributed by atoms with Crippen LogP contribution in [0.2, 0.25) is 0 Å². The van der Waals surface area contributed by atoms with Crippen LogP contribution in [0, 0.1) is 5.21 Å². The highest BCUT2D eigenvalue weighted by Gasteiger charge is 1.78. The second kappa shape index (κ2) is 1.01. The maximum Gasteiger partial charge on any atom is 0.234 e. The molecule has 1 rings (SSSR count). The molecule has 0 saturated carbocycles. The maximum atomic E-state index is 9.82. The van der Waals surface area contributed by atoms with E-state index >= 15 is 0 Å². The van der Waals surface area contributed by atoms with E-state index in [0.29, 0.717) is 4.90 Å². The minimum absolute atomic E-state index is 0.375. The van der Waals surface area contributed by atoms with Crippen molar-refractivity contribution in [1.29, 1.82) is 0 Å². The van der Waals surface area contributed by atoms with Crippen LogP contribution in [-0.4, -0.2) is 0 Å². The molecule has 0 aliphatic carbocycles. The normalized spacial score (nSPS) is 8.67. The summed E-state index contributed by atoms with van der Waals surface area (Å²) < 4.78 is 4.19. The van der Waals surface area contributed by atoms with Crippen molar-refractivity contribution >= 4 is 0 Å². The summed E-state index contributed by atoms with van der Waals surface area (Å²) in [7, 11) is 0. The van der Waals surface area contributed by atoms with Crippen molar-refractivity contribution < 1.29 is 9.43 Å². The van der Waals surface area contributed by atoms with E-state index in [4.69, 9.17) is 0 Å². The molecule has 0 radical (unpaired) electrons. The first-order valence-electron chi connectivity index (χ1n) is 1.53. The molecule has 1 heterocycles. The van der Waals surface area contributed by atoms with Gasteiger partial charge in [-0.15, -0.1) is 0 Å². The number of nitrogens with zero attached hydrogens (tertiary/aromatic N) is 1. The Bertz CT molecular complexity index is 112. The van der Waals surface area contributed by atoms with Crippen LogP contribution in [0.4, 0.5) is 0 Å². The van der Waals surface area contributed by atoms with E-state index in [0.717, 1.165) is 0 Å². The van der Waals surface area contributed by atoms with E-state index in [2.05, 4.69) is 4.52 Å². The van der Waals surface area contributed by atoms with Gasteiger partial charge in [-0.2, -0.15) is 0 Å². The van der Waals surface area contributed by atoms with Gasteiger partial charge in [0.25, 0.3) is 0 Å². The van der Waals surface area contributed by atoms with E-state index in [1.807, 2.05) is 0 Å². The molecule has 6 heavy (non-hydrogen) atoms. The van der Waals surface area contributed by atoms with Gasteiger partial charge in [-0.1, -0.05) is 0 Å². The van der Waals surface area contributed by atoms with Crippen molar-refractivity contribution in [3.05, 3.63) is 23.7 Å². The van der Waals surface area contributed by atoms with Crippen LogP contribution in [0.15, 0.2) is 23.0 Å². The van der Waals surface area contributed by atoms with E-state index in [1.165, 1.54) is 18.5 Å². The third-order valence-electron chi connectivity index (χ3n) is 0.451. The lowest BCUT2D eigenvalue weighted by Crippen LogP contribution is -2.19. The Kier molecular flexibility index (Phi) is 0.538. The fourth-order valence-electron chi connectivity index (χ4n) is 0.236. The monoisotopic (exact) mass is 85.0 g/mol. The zero-order valence-electron chi connectivity index (χ0n) is 3.00. The standard InChI is InChI=1S/C3H3NO2/c5-4-2-1-3-6-4/h1-3H. The molecule has 1 aromatic heterocycles. The van der Waals surface area contributed by atoms with Crippen LogP contribution < -0.4 is 4.90 Å². The highest BCUT2D eigenvalue weighted by atomic mass is 16.7. The molecule has 0 N–H and O–H groups in total. The van der Waals surface area contributed by atoms with E-state index in [9.17, 15) is 5.21 Å². The van der Waals surface area contributed by atoms with Crippen molar-refractivity contribution in [2.45, 2.75) is 0 Å². The van der Waals surface area contributed by atoms with Crippen molar-refractivity contribution in [3.8, 4) is 0 Å². The fraction of sp³-hybridized carbons (Fsp3) is 0. The molecular weight excluding hydrogens is 82.0 g/mol. The molecule has 0 bridgehead atoms. The van der Waals surface area contributed by atoms with Crippen molar-refractivity contribution in [1.82, 2.24) is 0 Å². The summed E-state index contributed by atoms with van der Waals surface area (Å²) in [6.45, 7) is 0. The Balaban J connectivity index is 3.05. The Morgan fingerprint density at radius 1 is 1.67 bits per heavy atom. The molecule has 0 fully saturated rings. The molecule has 32 valence electrons. The van der Waals surface area contributed by atoms with Crippen LogP contribution in [-0.2, 0) is 0 Å². The van der Waals surface area contributed by atoms with Gasteiger partial charge in [0.2, 0.25) is 6.20 Å². The molecule has 0 spiro atoms. The summed E-state index contributed by atoms with van der Waals surface area (Å²) in [6, 6.07) is 1.52. The first kappa shape index (κ1) is 3.21. The van der Waals surface area contributed by atoms with E-state index in [1.54, 1.807) is 0 Å². The lowest BCUT2D eigenvalue weighted by molar-refractivity contribution is -0.792. The van der Waals surface area contributed by atoms with Gasteiger partial charge >= 0.3 is 0 Å². The Labute approximate surface area is 34.4 Å². The SMILES string of the molecule is [O-][n+]1ccco1. The third-order valence-corrected chi connectivity index (χ3v) is 0.451. The van der Waals surface area contributed by atoms with Crippen LogP contribution in [0.25, 0.3) is 0 Å². The molecule has 0 amide bonds. The lowest BCUT2D eigenvalue weighted by Gasteiger charge is -1.70. The van der Waals surface area contributed by atoms with Crippen LogP contribution >= 0.6 is 0 Å². The zero-order valence-corrected chi connectivity index (χ0v) is 3.00. The zero-order chi connectivity index (χ0) is 4.41. The summed E-state index contributed by atoms with van der Waals surface area (Å²) in [5.74, 6) is 0. The highest BCUT2D eigenvalue weighted by Crippen LogP contribution is 1.69. The van der Waals surface area contributed by atoms with Crippen molar-refractivity contribution in [2.75, 3.05) is 0 Å². The van der Waals surface area contributed by atoms with Gasteiger partial charge in [0, 0.05) is 17.2 Å². The number of aromatic nitrogens is 1. The van der Waals surface area contributed by atoms with Crippen LogP contribution in [0.1, 0.15) is 0 Å². The number of hydrogen-bond donors (Lipinski definition) is 0. The molecule has 3 nitrogen and oxygen atoms in total. The van der Waals surface area contributed by atoms with E-state index < -0.39 is 0 Å². The molecule has 0 unspecified atom stereocenters. The Hall–Kier alpha value is -0.990. The molecule has 0 saturated heterocycles. The molecule has 0 aromatic carbocycles. The minimum Gasteiger partial charge on any atom is -0.375 e. The first-order chi connectivity index (χ1) is 2.89. The average molecular weight is 85.1 g/mol. The number of rotatable bonds is 0. The average Bonchev–Trinajstić information content (AvgIpc) is 1.86. The van der Waals surface area contributed by atoms with Crippen LogP contribution in [0.3, 0.4) is 0 Å². The van der Waals surface area contributed by atoms with Gasteiger partial charge in [-0.25, -0.2) is 0 Å². The largest absolute Gasteiger partial charge is 0.375 e. The predicted octanol–water partition coefficient (Wildman–Crippen LogP) is -0.0870. The molecule has 0 aliphatic heterocycles. The molecule has 3 heteroatoms. The molecule has 0 aliphatic rings. The van der Waals surface area contributed by atoms with Gasteiger partial charge in [-0.05, 0) is 0 Å². The second-order valence-electron chi connectivity index (χ2n) is 0.868. The predicted molar refractivity (Wildman–Crippen MR) is 17.7 cm³/mol. The summed E-state index contributed by atoms with van der Waals surface area (Å²) >= 11 is 0. The van der Waals surface area contributed by atoms with E-state index in [-0.39, 0.29) is 0 Å². The summed E-state index contributed by atoms with van der Waals surface area (Å²) in [5, 5.41) is 9.82. The second-order valence-corrected chi connectivity index (χ2v) is 0.868. The van der Waals surface area contributed by atoms with Gasteiger partial charge in [-0.3, -0.25) is 5.21 Å². The third kappa shape index (κ3) is 0.337. The minimum atomic E-state index is 0.375. The lowest BCUT2D eigenvalue weighted by atomic mass is 10.8. The quantitative estimate of drug-likeness (QED) is 0.413. The van der Waals surface area contributed by atoms with Crippen molar-refractivity contribution in [2.24, 2.45) is 0 Å². The molecule has 0 atom stereocenters. The summed E-state index contributed by atoms with van der Waals surface area (Å²) in [4.78, 5) is 0.375. The van der Waals surface area contributed by atoms with Gasteiger partial charge in [0.1, 0.15) is 0 Å². The molecular formula is C3H3NO2. The molecule has 1 aromatic rings.